The molecule has 1 aliphatic heterocycles. The van der Waals surface area contributed by atoms with Gasteiger partial charge in [-0.05, 0) is 69.5 Å². The van der Waals surface area contributed by atoms with E-state index in [1.165, 1.54) is 12.6 Å². The highest BCUT2D eigenvalue weighted by molar-refractivity contribution is 5.83. The molecule has 1 N–H and O–H groups in total. The van der Waals surface area contributed by atoms with Crippen LogP contribution in [0.4, 0.5) is 16.2 Å². The Bertz CT molecular complexity index is 1000. The molecule has 0 saturated carbocycles. The zero-order valence-electron chi connectivity index (χ0n) is 18.3. The van der Waals surface area contributed by atoms with Crippen molar-refractivity contribution in [2.45, 2.75) is 39.2 Å². The Labute approximate surface area is 177 Å². The van der Waals surface area contributed by atoms with E-state index in [-0.39, 0.29) is 11.7 Å². The van der Waals surface area contributed by atoms with Crippen LogP contribution in [0, 0.1) is 0 Å². The van der Waals surface area contributed by atoms with E-state index in [1.54, 1.807) is 6.26 Å². The first kappa shape index (κ1) is 21.6. The van der Waals surface area contributed by atoms with Gasteiger partial charge in [0.05, 0.1) is 12.9 Å². The van der Waals surface area contributed by atoms with E-state index in [2.05, 4.69) is 47.6 Å². The summed E-state index contributed by atoms with van der Waals surface area (Å²) in [6.07, 6.45) is 3.56. The molecular weight excluding hydrogens is 380 g/mol. The fourth-order valence-corrected chi connectivity index (χ4v) is 3.18. The summed E-state index contributed by atoms with van der Waals surface area (Å²) in [5.41, 5.74) is 4.11. The van der Waals surface area contributed by atoms with Gasteiger partial charge in [-0.25, -0.2) is 4.79 Å². The summed E-state index contributed by atoms with van der Waals surface area (Å²) in [5, 5.41) is 3.48. The summed E-state index contributed by atoms with van der Waals surface area (Å²) >= 11 is 0. The van der Waals surface area contributed by atoms with Crippen molar-refractivity contribution < 1.29 is 18.7 Å². The molecule has 0 unspecified atom stereocenters. The standard InChI is InChI=1S/C18H17NO2.C6H13NO2/c1-19(15-6-7-17-14(11-15)8-10-21-17)16-5-4-13-3-2-9-20-18(13)12-16;1-6(2,3)9-5(8)7-4/h4-8,10-12H,2-3,9H2,1H3;1-4H3,(H,7,8). The topological polar surface area (TPSA) is 63.9 Å². The van der Waals surface area contributed by atoms with E-state index in [9.17, 15) is 4.79 Å². The van der Waals surface area contributed by atoms with Crippen molar-refractivity contribution in [1.82, 2.24) is 5.32 Å². The second-order valence-corrected chi connectivity index (χ2v) is 8.20. The molecule has 1 amide bonds. The zero-order valence-corrected chi connectivity index (χ0v) is 18.3. The van der Waals surface area contributed by atoms with Crippen molar-refractivity contribution in [3.63, 3.8) is 0 Å². The van der Waals surface area contributed by atoms with E-state index in [1.807, 2.05) is 32.9 Å². The number of amides is 1. The Hall–Kier alpha value is -3.15. The molecule has 2 aromatic carbocycles. The first-order valence-electron chi connectivity index (χ1n) is 10.1. The Morgan fingerprint density at radius 2 is 1.83 bits per heavy atom. The molecule has 1 aliphatic rings. The lowest BCUT2D eigenvalue weighted by molar-refractivity contribution is 0.0541. The smallest absolute Gasteiger partial charge is 0.407 e. The quantitative estimate of drug-likeness (QED) is 0.590. The van der Waals surface area contributed by atoms with Crippen molar-refractivity contribution in [3.05, 3.63) is 54.3 Å². The molecule has 0 bridgehead atoms. The minimum absolute atomic E-state index is 0.387. The van der Waals surface area contributed by atoms with Crippen LogP contribution < -0.4 is 15.0 Å². The molecule has 1 aromatic heterocycles. The molecule has 6 heteroatoms. The SMILES string of the molecule is CN(c1ccc2c(c1)OCCC2)c1ccc2occc2c1.CNC(=O)OC(C)(C)C. The number of ether oxygens (including phenoxy) is 2. The molecule has 0 radical (unpaired) electrons. The van der Waals surface area contributed by atoms with Crippen LogP contribution in [0.2, 0.25) is 0 Å². The summed E-state index contributed by atoms with van der Waals surface area (Å²) in [7, 11) is 3.61. The average molecular weight is 411 g/mol. The maximum absolute atomic E-state index is 10.5. The van der Waals surface area contributed by atoms with Gasteiger partial charge in [-0.1, -0.05) is 6.07 Å². The Morgan fingerprint density at radius 3 is 2.53 bits per heavy atom. The lowest BCUT2D eigenvalue weighted by Gasteiger charge is -2.23. The van der Waals surface area contributed by atoms with Crippen LogP contribution in [0.5, 0.6) is 5.75 Å². The van der Waals surface area contributed by atoms with Gasteiger partial charge in [0.2, 0.25) is 0 Å². The van der Waals surface area contributed by atoms with Crippen LogP contribution in [0.25, 0.3) is 11.0 Å². The number of benzene rings is 2. The van der Waals surface area contributed by atoms with Crippen LogP contribution in [0.15, 0.2) is 53.1 Å². The van der Waals surface area contributed by atoms with Gasteiger partial charge in [0.1, 0.15) is 16.9 Å². The Balaban J connectivity index is 0.000000244. The molecular formula is C24H30N2O4. The van der Waals surface area contributed by atoms with Gasteiger partial charge >= 0.3 is 6.09 Å². The van der Waals surface area contributed by atoms with Gasteiger partial charge in [0.25, 0.3) is 0 Å². The predicted molar refractivity (Wildman–Crippen MR) is 120 cm³/mol. The van der Waals surface area contributed by atoms with Crippen molar-refractivity contribution in [1.29, 1.82) is 0 Å². The van der Waals surface area contributed by atoms with Gasteiger partial charge in [-0.15, -0.1) is 0 Å². The van der Waals surface area contributed by atoms with Crippen molar-refractivity contribution in [3.8, 4) is 5.75 Å². The summed E-state index contributed by atoms with van der Waals surface area (Å²) in [5.74, 6) is 1.02. The molecule has 30 heavy (non-hydrogen) atoms. The van der Waals surface area contributed by atoms with Gasteiger partial charge in [-0.3, -0.25) is 0 Å². The van der Waals surface area contributed by atoms with E-state index in [0.717, 1.165) is 47.5 Å². The summed E-state index contributed by atoms with van der Waals surface area (Å²) in [6, 6.07) is 14.7. The second-order valence-electron chi connectivity index (χ2n) is 8.20. The number of furan rings is 1. The van der Waals surface area contributed by atoms with Crippen molar-refractivity contribution in [2.24, 2.45) is 0 Å². The normalized spacial score (nSPS) is 12.8. The highest BCUT2D eigenvalue weighted by Gasteiger charge is 2.14. The van der Waals surface area contributed by atoms with E-state index in [0.29, 0.717) is 0 Å². The number of anilines is 2. The summed E-state index contributed by atoms with van der Waals surface area (Å²) in [6.45, 7) is 6.29. The number of fused-ring (bicyclic) bond motifs is 2. The number of hydrogen-bond donors (Lipinski definition) is 1. The molecule has 4 rings (SSSR count). The number of hydrogen-bond acceptors (Lipinski definition) is 5. The number of carbonyl (C=O) groups is 1. The molecule has 0 spiro atoms. The second kappa shape index (κ2) is 9.11. The molecule has 0 fully saturated rings. The molecule has 0 saturated heterocycles. The Kier molecular flexibility index (Phi) is 6.55. The average Bonchev–Trinajstić information content (AvgIpc) is 3.20. The lowest BCUT2D eigenvalue weighted by atomic mass is 10.1. The molecule has 0 atom stereocenters. The summed E-state index contributed by atoms with van der Waals surface area (Å²) < 4.78 is 16.0. The molecule has 6 nitrogen and oxygen atoms in total. The van der Waals surface area contributed by atoms with Crippen LogP contribution in [0.3, 0.4) is 0 Å². The zero-order chi connectivity index (χ0) is 21.7. The maximum Gasteiger partial charge on any atom is 0.407 e. The first-order chi connectivity index (χ1) is 14.3. The highest BCUT2D eigenvalue weighted by atomic mass is 16.6. The van der Waals surface area contributed by atoms with Crippen LogP contribution in [-0.2, 0) is 11.2 Å². The van der Waals surface area contributed by atoms with Crippen LogP contribution in [0.1, 0.15) is 32.8 Å². The van der Waals surface area contributed by atoms with Gasteiger partial charge in [0.15, 0.2) is 0 Å². The number of carbonyl (C=O) groups excluding carboxylic acids is 1. The van der Waals surface area contributed by atoms with Crippen LogP contribution in [-0.4, -0.2) is 32.4 Å². The fourth-order valence-electron chi connectivity index (χ4n) is 3.18. The molecule has 0 aliphatic carbocycles. The maximum atomic E-state index is 10.5. The minimum Gasteiger partial charge on any atom is -0.493 e. The number of nitrogens with one attached hydrogen (secondary N) is 1. The highest BCUT2D eigenvalue weighted by Crippen LogP contribution is 2.33. The van der Waals surface area contributed by atoms with Gasteiger partial charge in [0, 0.05) is 36.9 Å². The largest absolute Gasteiger partial charge is 0.493 e. The van der Waals surface area contributed by atoms with E-state index in [4.69, 9.17) is 13.9 Å². The summed E-state index contributed by atoms with van der Waals surface area (Å²) in [4.78, 5) is 12.7. The predicted octanol–water partition coefficient (Wildman–Crippen LogP) is 5.67. The third kappa shape index (κ3) is 5.47. The molecule has 2 heterocycles. The first-order valence-corrected chi connectivity index (χ1v) is 10.1. The lowest BCUT2D eigenvalue weighted by Crippen LogP contribution is -2.30. The Morgan fingerprint density at radius 1 is 1.10 bits per heavy atom. The molecule has 3 aromatic rings. The van der Waals surface area contributed by atoms with Crippen molar-refractivity contribution in [2.75, 3.05) is 25.6 Å². The number of nitrogens with zero attached hydrogens (tertiary/aromatic N) is 1. The third-order valence-corrected chi connectivity index (χ3v) is 4.71. The number of alkyl carbamates (subject to hydrolysis) is 1. The van der Waals surface area contributed by atoms with Crippen molar-refractivity contribution >= 4 is 28.4 Å². The molecule has 160 valence electrons. The minimum atomic E-state index is -0.389. The van der Waals surface area contributed by atoms with E-state index >= 15 is 0 Å². The van der Waals surface area contributed by atoms with E-state index < -0.39 is 0 Å². The number of aryl methyl sites for hydroxylation is 1. The fraction of sp³-hybridized carbons (Fsp3) is 0.375. The van der Waals surface area contributed by atoms with Gasteiger partial charge in [-0.2, -0.15) is 0 Å². The monoisotopic (exact) mass is 410 g/mol. The van der Waals surface area contributed by atoms with Gasteiger partial charge < -0.3 is 24.1 Å². The third-order valence-electron chi connectivity index (χ3n) is 4.71. The number of rotatable bonds is 2. The van der Waals surface area contributed by atoms with Crippen LogP contribution >= 0.6 is 0 Å².